The minimum Gasteiger partial charge on any atom is -0.481 e. The molecule has 1 aromatic carbocycles. The summed E-state index contributed by atoms with van der Waals surface area (Å²) in [5.74, 6) is -0.531. The molecule has 1 aromatic rings. The van der Waals surface area contributed by atoms with Gasteiger partial charge in [-0.25, -0.2) is 0 Å². The number of benzene rings is 1. The minimum absolute atomic E-state index is 0.0149. The average molecular weight is 589 g/mol. The molecule has 1 aliphatic heterocycles. The third-order valence-corrected chi connectivity index (χ3v) is 8.56. The van der Waals surface area contributed by atoms with Crippen molar-refractivity contribution in [3.63, 3.8) is 0 Å². The van der Waals surface area contributed by atoms with Crippen LogP contribution in [0.25, 0.3) is 0 Å². The molecule has 0 aromatic heterocycles. The number of fused-ring (bicyclic) bond motifs is 2. The Morgan fingerprint density at radius 3 is 2.77 bits per heavy atom. The Kier molecular flexibility index (Phi) is 9.91. The molecule has 44 heavy (non-hydrogen) atoms. The third-order valence-electron chi connectivity index (χ3n) is 8.56. The van der Waals surface area contributed by atoms with Gasteiger partial charge in [0.15, 0.2) is 0 Å². The van der Waals surface area contributed by atoms with Crippen LogP contribution in [0.15, 0.2) is 101 Å². The van der Waals surface area contributed by atoms with Crippen LogP contribution in [-0.4, -0.2) is 35.4 Å². The Morgan fingerprint density at radius 1 is 1.27 bits per heavy atom. The highest BCUT2D eigenvalue weighted by atomic mass is 16.4. The molecule has 7 heteroatoms. The van der Waals surface area contributed by atoms with E-state index >= 15 is 0 Å². The number of carbonyl (C=O) groups is 2. The first-order chi connectivity index (χ1) is 21.0. The highest BCUT2D eigenvalue weighted by Gasteiger charge is 2.45. The van der Waals surface area contributed by atoms with Crippen molar-refractivity contribution in [2.24, 2.45) is 11.3 Å². The number of aliphatic carboxylic acids is 1. The monoisotopic (exact) mass is 588 g/mol. The molecule has 7 nitrogen and oxygen atoms in total. The van der Waals surface area contributed by atoms with Gasteiger partial charge in [0, 0.05) is 47.9 Å². The van der Waals surface area contributed by atoms with Gasteiger partial charge in [-0.15, -0.1) is 0 Å². The molecule has 1 heterocycles. The molecular weight excluding hydrogens is 548 g/mol. The van der Waals surface area contributed by atoms with E-state index in [-0.39, 0.29) is 18.4 Å². The van der Waals surface area contributed by atoms with Gasteiger partial charge in [-0.1, -0.05) is 58.1 Å². The van der Waals surface area contributed by atoms with Gasteiger partial charge in [0.25, 0.3) is 0 Å². The minimum atomic E-state index is -0.881. The van der Waals surface area contributed by atoms with Crippen LogP contribution in [0.3, 0.4) is 0 Å². The zero-order chi connectivity index (χ0) is 31.9. The van der Waals surface area contributed by atoms with Crippen molar-refractivity contribution >= 4 is 17.9 Å². The summed E-state index contributed by atoms with van der Waals surface area (Å²) in [6, 6.07) is 9.87. The number of aldehydes is 1. The van der Waals surface area contributed by atoms with Crippen LogP contribution < -0.4 is 5.32 Å². The van der Waals surface area contributed by atoms with Gasteiger partial charge in [-0.05, 0) is 77.5 Å². The molecule has 0 bridgehead atoms. The highest BCUT2D eigenvalue weighted by Crippen LogP contribution is 2.54. The molecular formula is C37H40N4O3. The van der Waals surface area contributed by atoms with E-state index in [0.717, 1.165) is 35.4 Å². The van der Waals surface area contributed by atoms with Gasteiger partial charge < -0.3 is 20.1 Å². The Morgan fingerprint density at radius 2 is 2.07 bits per heavy atom. The second-order valence-electron chi connectivity index (χ2n) is 12.5. The van der Waals surface area contributed by atoms with E-state index in [0.29, 0.717) is 36.4 Å². The lowest BCUT2D eigenvalue weighted by Crippen LogP contribution is -2.24. The number of anilines is 1. The Balaban J connectivity index is 1.59. The number of hydrogen-bond acceptors (Lipinski definition) is 6. The van der Waals surface area contributed by atoms with Gasteiger partial charge in [-0.3, -0.25) is 4.79 Å². The number of allylic oxidation sites excluding steroid dienone is 12. The number of carboxylic acid groups (broad SMARTS) is 1. The third kappa shape index (κ3) is 6.84. The normalized spacial score (nSPS) is 19.8. The molecule has 0 radical (unpaired) electrons. The fourth-order valence-electron chi connectivity index (χ4n) is 6.28. The molecule has 2 aliphatic carbocycles. The van der Waals surface area contributed by atoms with Crippen molar-refractivity contribution in [3.05, 3.63) is 112 Å². The van der Waals surface area contributed by atoms with E-state index in [1.165, 1.54) is 11.1 Å². The lowest BCUT2D eigenvalue weighted by atomic mass is 9.72. The second-order valence-corrected chi connectivity index (χ2v) is 12.5. The van der Waals surface area contributed by atoms with Crippen LogP contribution >= 0.6 is 0 Å². The number of hydrogen-bond donors (Lipinski definition) is 2. The maximum Gasteiger partial charge on any atom is 0.305 e. The summed E-state index contributed by atoms with van der Waals surface area (Å²) in [5, 5.41) is 31.7. The predicted octanol–water partition coefficient (Wildman–Crippen LogP) is 7.26. The fourth-order valence-corrected chi connectivity index (χ4v) is 6.28. The van der Waals surface area contributed by atoms with Crippen LogP contribution in [0.4, 0.5) is 5.69 Å². The molecule has 3 aliphatic rings. The molecule has 0 spiro atoms. The molecule has 226 valence electrons. The molecule has 0 fully saturated rings. The van der Waals surface area contributed by atoms with Gasteiger partial charge >= 0.3 is 5.97 Å². The van der Waals surface area contributed by atoms with E-state index in [9.17, 15) is 20.1 Å². The van der Waals surface area contributed by atoms with Crippen molar-refractivity contribution < 1.29 is 14.7 Å². The summed E-state index contributed by atoms with van der Waals surface area (Å²) in [7, 11) is 0. The summed E-state index contributed by atoms with van der Waals surface area (Å²) in [6.45, 7) is 9.39. The first-order valence-corrected chi connectivity index (χ1v) is 15.0. The average Bonchev–Trinajstić information content (AvgIpc) is 3.22. The van der Waals surface area contributed by atoms with Crippen molar-refractivity contribution in [2.45, 2.75) is 58.8 Å². The predicted molar refractivity (Wildman–Crippen MR) is 173 cm³/mol. The Hall–Kier alpha value is -4.88. The summed E-state index contributed by atoms with van der Waals surface area (Å²) in [6.07, 6.45) is 21.5. The van der Waals surface area contributed by atoms with Crippen molar-refractivity contribution in [2.75, 3.05) is 18.4 Å². The zero-order valence-electron chi connectivity index (χ0n) is 25.9. The molecule has 0 amide bonds. The molecule has 1 atom stereocenters. The lowest BCUT2D eigenvalue weighted by Gasteiger charge is -2.31. The van der Waals surface area contributed by atoms with Crippen LogP contribution in [0.5, 0.6) is 0 Å². The first-order valence-electron chi connectivity index (χ1n) is 15.0. The molecule has 4 rings (SSSR count). The maximum absolute atomic E-state index is 11.4. The van der Waals surface area contributed by atoms with E-state index in [2.05, 4.69) is 80.4 Å². The Bertz CT molecular complexity index is 1620. The van der Waals surface area contributed by atoms with Crippen LogP contribution in [0, 0.1) is 34.0 Å². The fraction of sp³-hybridized carbons (Fsp3) is 0.351. The standard InChI is InChI=1S/C37H40N4O3/c1-36(2,30-23-27(25-39)12-15-31(30)40-20-18-34(43)44)19-7-9-26(24-38)13-17-33-37(3,4)35-29-11-6-5-10-28(29)14-16-32(35)41(33)21-8-22-42/h5-7,9,11-17,22-23,28,40H,8,10,18-21H2,1-4H3,(H,43,44)/b9-7+,26-13-,33-17+. The smallest absolute Gasteiger partial charge is 0.305 e. The Labute approximate surface area is 260 Å². The molecule has 0 saturated carbocycles. The number of nitrogens with one attached hydrogen (secondary N) is 1. The van der Waals surface area contributed by atoms with Gasteiger partial charge in [-0.2, -0.15) is 10.5 Å². The number of carbonyl (C=O) groups excluding carboxylic acids is 1. The van der Waals surface area contributed by atoms with Crippen LogP contribution in [0.1, 0.15) is 64.5 Å². The summed E-state index contributed by atoms with van der Waals surface area (Å²) in [5.41, 5.74) is 6.79. The van der Waals surface area contributed by atoms with Crippen molar-refractivity contribution in [1.82, 2.24) is 4.90 Å². The summed E-state index contributed by atoms with van der Waals surface area (Å²) < 4.78 is 0. The SMILES string of the molecule is CC1(C)C2=C(C=CC3CC=CC=C23)N(CCC=O)/C1=C/C=C(C#N)/C=C/CC(C)(C)c1cc(C#N)ccc1NCCC(=O)O. The van der Waals surface area contributed by atoms with Crippen LogP contribution in [0.2, 0.25) is 0 Å². The number of nitrogens with zero attached hydrogens (tertiary/aromatic N) is 3. The van der Waals surface area contributed by atoms with Crippen molar-refractivity contribution in [1.29, 1.82) is 10.5 Å². The highest BCUT2D eigenvalue weighted by molar-refractivity contribution is 5.68. The summed E-state index contributed by atoms with van der Waals surface area (Å²) in [4.78, 5) is 24.6. The van der Waals surface area contributed by atoms with Crippen LogP contribution in [-0.2, 0) is 15.0 Å². The van der Waals surface area contributed by atoms with E-state index in [1.807, 2.05) is 36.4 Å². The van der Waals surface area contributed by atoms with Crippen molar-refractivity contribution in [3.8, 4) is 12.1 Å². The maximum atomic E-state index is 11.4. The lowest BCUT2D eigenvalue weighted by molar-refractivity contribution is -0.136. The number of rotatable bonds is 12. The number of carboxylic acids is 1. The van der Waals surface area contributed by atoms with E-state index < -0.39 is 11.4 Å². The van der Waals surface area contributed by atoms with Gasteiger partial charge in [0.2, 0.25) is 0 Å². The van der Waals surface area contributed by atoms with Gasteiger partial charge in [0.1, 0.15) is 6.29 Å². The first kappa shape index (κ1) is 32.0. The molecule has 0 saturated heterocycles. The second kappa shape index (κ2) is 13.6. The zero-order valence-corrected chi connectivity index (χ0v) is 25.9. The molecule has 1 unspecified atom stereocenters. The summed E-state index contributed by atoms with van der Waals surface area (Å²) >= 11 is 0. The number of nitriles is 2. The topological polar surface area (TPSA) is 117 Å². The quantitative estimate of drug-likeness (QED) is 0.150. The van der Waals surface area contributed by atoms with Gasteiger partial charge in [0.05, 0.1) is 29.7 Å². The van der Waals surface area contributed by atoms with E-state index in [4.69, 9.17) is 5.11 Å². The van der Waals surface area contributed by atoms with E-state index in [1.54, 1.807) is 6.07 Å². The molecule has 2 N–H and O–H groups in total. The largest absolute Gasteiger partial charge is 0.481 e.